The number of hydrogen-bond donors (Lipinski definition) is 3. The fourth-order valence-electron chi connectivity index (χ4n) is 4.27. The van der Waals surface area contributed by atoms with E-state index in [1.807, 2.05) is 64.6 Å². The lowest BCUT2D eigenvalue weighted by molar-refractivity contribution is 0.0993. The van der Waals surface area contributed by atoms with E-state index in [-0.39, 0.29) is 0 Å². The number of amides is 1. The topological polar surface area (TPSA) is 128 Å². The van der Waals surface area contributed by atoms with Crippen LogP contribution in [0.25, 0.3) is 22.2 Å². The smallest absolute Gasteiger partial charge is 0.266 e. The van der Waals surface area contributed by atoms with Gasteiger partial charge in [0.05, 0.1) is 29.9 Å². The lowest BCUT2D eigenvalue weighted by Gasteiger charge is -2.24. The zero-order valence-corrected chi connectivity index (χ0v) is 21.2. The highest BCUT2D eigenvalue weighted by Gasteiger charge is 2.22. The second-order valence-electron chi connectivity index (χ2n) is 8.89. The summed E-state index contributed by atoms with van der Waals surface area (Å²) in [6.45, 7) is 1.70. The summed E-state index contributed by atoms with van der Waals surface area (Å²) in [4.78, 5) is 25.6. The van der Waals surface area contributed by atoms with Crippen LogP contribution in [0, 0.1) is 0 Å². The molecule has 2 heterocycles. The van der Waals surface area contributed by atoms with Gasteiger partial charge in [-0.05, 0) is 32.3 Å². The number of nitrogens with two attached hydrogens (primary N) is 2. The van der Waals surface area contributed by atoms with Gasteiger partial charge in [0.2, 0.25) is 5.95 Å². The fourth-order valence-corrected chi connectivity index (χ4v) is 4.27. The Labute approximate surface area is 210 Å². The molecule has 2 aromatic heterocycles. The molecule has 5 N–H and O–H groups in total. The number of aromatic nitrogens is 3. The molecular formula is C26H32N8O2. The molecule has 0 fully saturated rings. The number of nitrogen functional groups attached to an aromatic ring is 1. The predicted molar refractivity (Wildman–Crippen MR) is 145 cm³/mol. The lowest BCUT2D eigenvalue weighted by atomic mass is 10.1. The molecule has 0 saturated carbocycles. The van der Waals surface area contributed by atoms with Crippen molar-refractivity contribution in [3.05, 3.63) is 54.4 Å². The third-order valence-corrected chi connectivity index (χ3v) is 6.14. The molecule has 10 heteroatoms. The average molecular weight is 489 g/mol. The Balaban J connectivity index is 1.71. The van der Waals surface area contributed by atoms with Gasteiger partial charge in [-0.3, -0.25) is 4.79 Å². The van der Waals surface area contributed by atoms with Crippen LogP contribution in [0.1, 0.15) is 10.5 Å². The third kappa shape index (κ3) is 4.76. The summed E-state index contributed by atoms with van der Waals surface area (Å²) in [6, 6.07) is 13.2. The Kier molecular flexibility index (Phi) is 6.98. The van der Waals surface area contributed by atoms with Gasteiger partial charge < -0.3 is 35.9 Å². The van der Waals surface area contributed by atoms with E-state index >= 15 is 0 Å². The molecule has 10 nitrogen and oxygen atoms in total. The van der Waals surface area contributed by atoms with E-state index in [0.29, 0.717) is 40.0 Å². The molecule has 4 rings (SSSR count). The molecule has 36 heavy (non-hydrogen) atoms. The van der Waals surface area contributed by atoms with Crippen molar-refractivity contribution in [2.75, 3.05) is 57.3 Å². The van der Waals surface area contributed by atoms with E-state index in [1.54, 1.807) is 23.9 Å². The molecule has 1 amide bonds. The Hall–Kier alpha value is -4.31. The van der Waals surface area contributed by atoms with Crippen molar-refractivity contribution in [1.29, 1.82) is 0 Å². The predicted octanol–water partition coefficient (Wildman–Crippen LogP) is 3.07. The van der Waals surface area contributed by atoms with Crippen molar-refractivity contribution in [1.82, 2.24) is 19.4 Å². The molecule has 0 atom stereocenters. The van der Waals surface area contributed by atoms with Crippen molar-refractivity contribution in [2.24, 2.45) is 12.8 Å². The van der Waals surface area contributed by atoms with Gasteiger partial charge in [-0.2, -0.15) is 0 Å². The number of nitrogens with zero attached hydrogens (tertiary/aromatic N) is 5. The van der Waals surface area contributed by atoms with E-state index in [2.05, 4.69) is 20.1 Å². The van der Waals surface area contributed by atoms with Crippen LogP contribution < -0.4 is 26.4 Å². The van der Waals surface area contributed by atoms with E-state index in [9.17, 15) is 4.79 Å². The number of carbonyl (C=O) groups is 1. The number of likely N-dealkylation sites (N-methyl/N-ethyl adjacent to an activating group) is 2. The van der Waals surface area contributed by atoms with Gasteiger partial charge in [0.15, 0.2) is 0 Å². The van der Waals surface area contributed by atoms with E-state index in [0.717, 1.165) is 29.7 Å². The SMILES string of the molecule is COc1cc(N(C)CCN(C)C)c(N)cc1Nc1nccc(-c2c(C(N)=O)n(C)c3ccccc23)n1. The maximum Gasteiger partial charge on any atom is 0.266 e. The van der Waals surface area contributed by atoms with Crippen molar-refractivity contribution in [3.8, 4) is 17.0 Å². The Morgan fingerprint density at radius 2 is 1.89 bits per heavy atom. The molecule has 0 aliphatic carbocycles. The molecule has 2 aromatic carbocycles. The number of nitrogens with one attached hydrogen (secondary N) is 1. The van der Waals surface area contributed by atoms with Crippen LogP contribution in [-0.2, 0) is 7.05 Å². The van der Waals surface area contributed by atoms with Gasteiger partial charge >= 0.3 is 0 Å². The second kappa shape index (κ2) is 10.1. The number of ether oxygens (including phenoxy) is 1. The Bertz CT molecular complexity index is 1410. The summed E-state index contributed by atoms with van der Waals surface area (Å²) >= 11 is 0. The van der Waals surface area contributed by atoms with Crippen LogP contribution >= 0.6 is 0 Å². The first-order valence-electron chi connectivity index (χ1n) is 11.5. The van der Waals surface area contributed by atoms with Crippen LogP contribution in [0.2, 0.25) is 0 Å². The number of carbonyl (C=O) groups excluding carboxylic acids is 1. The molecule has 0 radical (unpaired) electrons. The van der Waals surface area contributed by atoms with Crippen molar-refractivity contribution >= 4 is 39.8 Å². The summed E-state index contributed by atoms with van der Waals surface area (Å²) in [5, 5.41) is 4.10. The maximum atomic E-state index is 12.4. The molecule has 0 bridgehead atoms. The van der Waals surface area contributed by atoms with Crippen molar-refractivity contribution in [3.63, 3.8) is 0 Å². The summed E-state index contributed by atoms with van der Waals surface area (Å²) in [7, 11) is 9.48. The van der Waals surface area contributed by atoms with Gasteiger partial charge in [0, 0.05) is 55.9 Å². The number of benzene rings is 2. The van der Waals surface area contributed by atoms with Gasteiger partial charge in [0.1, 0.15) is 11.4 Å². The first kappa shape index (κ1) is 24.8. The standard InChI is InChI=1S/C26H32N8O2/c1-32(2)12-13-33(3)21-15-22(36-5)19(14-17(21)27)31-26-29-11-10-18(30-26)23-16-8-6-7-9-20(16)34(4)24(23)25(28)35/h6-11,14-15H,12-13,27H2,1-5H3,(H2,28,35)(H,29,30,31). The number of rotatable bonds is 9. The van der Waals surface area contributed by atoms with Crippen molar-refractivity contribution in [2.45, 2.75) is 0 Å². The Morgan fingerprint density at radius 3 is 2.58 bits per heavy atom. The molecule has 188 valence electrons. The molecule has 0 aliphatic heterocycles. The number of fused-ring (bicyclic) bond motifs is 1. The lowest BCUT2D eigenvalue weighted by Crippen LogP contribution is -2.29. The molecular weight excluding hydrogens is 456 g/mol. The average Bonchev–Trinajstić information content (AvgIpc) is 3.15. The molecule has 0 aliphatic rings. The summed E-state index contributed by atoms with van der Waals surface area (Å²) < 4.78 is 7.43. The minimum Gasteiger partial charge on any atom is -0.494 e. The number of methoxy groups -OCH3 is 1. The zero-order valence-electron chi connectivity index (χ0n) is 21.2. The van der Waals surface area contributed by atoms with Crippen LogP contribution in [0.15, 0.2) is 48.7 Å². The third-order valence-electron chi connectivity index (χ3n) is 6.14. The van der Waals surface area contributed by atoms with Gasteiger partial charge in [-0.1, -0.05) is 18.2 Å². The highest BCUT2D eigenvalue weighted by Crippen LogP contribution is 2.37. The summed E-state index contributed by atoms with van der Waals surface area (Å²) in [5.74, 6) is 0.412. The highest BCUT2D eigenvalue weighted by molar-refractivity contribution is 6.09. The molecule has 0 saturated heterocycles. The number of aryl methyl sites for hydroxylation is 1. The van der Waals surface area contributed by atoms with Gasteiger partial charge in [0.25, 0.3) is 5.91 Å². The van der Waals surface area contributed by atoms with Crippen LogP contribution in [0.4, 0.5) is 23.0 Å². The molecule has 0 unspecified atom stereocenters. The van der Waals surface area contributed by atoms with Crippen molar-refractivity contribution < 1.29 is 9.53 Å². The minimum absolute atomic E-state index is 0.335. The zero-order chi connectivity index (χ0) is 26.0. The van der Waals surface area contributed by atoms with E-state index < -0.39 is 5.91 Å². The first-order valence-corrected chi connectivity index (χ1v) is 11.5. The van der Waals surface area contributed by atoms with Crippen LogP contribution in [0.3, 0.4) is 0 Å². The largest absolute Gasteiger partial charge is 0.494 e. The molecule has 4 aromatic rings. The first-order chi connectivity index (χ1) is 17.2. The van der Waals surface area contributed by atoms with Gasteiger partial charge in [-0.15, -0.1) is 0 Å². The number of para-hydroxylation sites is 1. The quantitative estimate of drug-likeness (QED) is 0.307. The number of primary amides is 1. The number of hydrogen-bond acceptors (Lipinski definition) is 8. The summed E-state index contributed by atoms with van der Waals surface area (Å²) in [5.41, 5.74) is 16.8. The summed E-state index contributed by atoms with van der Waals surface area (Å²) in [6.07, 6.45) is 1.64. The maximum absolute atomic E-state index is 12.4. The van der Waals surface area contributed by atoms with Gasteiger partial charge in [-0.25, -0.2) is 9.97 Å². The molecule has 0 spiro atoms. The van der Waals surface area contributed by atoms with E-state index in [4.69, 9.17) is 21.2 Å². The van der Waals surface area contributed by atoms with Crippen LogP contribution in [-0.4, -0.2) is 66.7 Å². The monoisotopic (exact) mass is 488 g/mol. The minimum atomic E-state index is -0.528. The highest BCUT2D eigenvalue weighted by atomic mass is 16.5. The Morgan fingerprint density at radius 1 is 1.14 bits per heavy atom. The van der Waals surface area contributed by atoms with Crippen LogP contribution in [0.5, 0.6) is 5.75 Å². The number of anilines is 4. The normalized spacial score (nSPS) is 11.2. The second-order valence-corrected chi connectivity index (χ2v) is 8.89. The fraction of sp³-hybridized carbons (Fsp3) is 0.269. The van der Waals surface area contributed by atoms with E-state index in [1.165, 1.54) is 0 Å².